The largest absolute Gasteiger partial charge is 0.479 e. The van der Waals surface area contributed by atoms with E-state index in [4.69, 9.17) is 14.9 Å². The number of aliphatic carboxylic acids is 1. The van der Waals surface area contributed by atoms with E-state index in [0.717, 1.165) is 11.1 Å². The Balaban J connectivity index is 3.01. The molecule has 4 nitrogen and oxygen atoms in total. The Bertz CT molecular complexity index is 373. The molecule has 0 aliphatic heterocycles. The summed E-state index contributed by atoms with van der Waals surface area (Å²) in [7, 11) is 0. The molecule has 1 unspecified atom stereocenters. The van der Waals surface area contributed by atoms with E-state index < -0.39 is 12.1 Å². The molecular formula is C12H16O4. The molecule has 0 aliphatic carbocycles. The molecule has 0 radical (unpaired) electrons. The van der Waals surface area contributed by atoms with Crippen LogP contribution in [0.3, 0.4) is 0 Å². The second-order valence-electron chi connectivity index (χ2n) is 3.60. The quantitative estimate of drug-likeness (QED) is 0.794. The van der Waals surface area contributed by atoms with Gasteiger partial charge in [0.1, 0.15) is 0 Å². The van der Waals surface area contributed by atoms with E-state index in [-0.39, 0.29) is 13.2 Å². The maximum atomic E-state index is 11.1. The highest BCUT2D eigenvalue weighted by molar-refractivity contribution is 5.75. The third kappa shape index (κ3) is 2.81. The fourth-order valence-corrected chi connectivity index (χ4v) is 1.52. The van der Waals surface area contributed by atoms with Gasteiger partial charge in [0, 0.05) is 0 Å². The topological polar surface area (TPSA) is 66.8 Å². The van der Waals surface area contributed by atoms with Crippen molar-refractivity contribution in [3.8, 4) is 0 Å². The molecule has 1 rings (SSSR count). The molecule has 0 saturated carbocycles. The highest BCUT2D eigenvalue weighted by atomic mass is 16.5. The number of carboxylic acids is 1. The zero-order valence-electron chi connectivity index (χ0n) is 9.43. The fraction of sp³-hybridized carbons (Fsp3) is 0.417. The van der Waals surface area contributed by atoms with Crippen LogP contribution in [-0.2, 0) is 9.53 Å². The third-order valence-corrected chi connectivity index (χ3v) is 2.53. The average molecular weight is 224 g/mol. The Hall–Kier alpha value is -1.39. The molecule has 88 valence electrons. The number of rotatable bonds is 5. The van der Waals surface area contributed by atoms with Crippen molar-refractivity contribution >= 4 is 5.97 Å². The molecule has 0 heterocycles. The molecule has 2 N–H and O–H groups in total. The van der Waals surface area contributed by atoms with Crippen LogP contribution in [0.5, 0.6) is 0 Å². The van der Waals surface area contributed by atoms with E-state index >= 15 is 0 Å². The Morgan fingerprint density at radius 1 is 1.44 bits per heavy atom. The number of aryl methyl sites for hydroxylation is 1. The van der Waals surface area contributed by atoms with E-state index in [1.807, 2.05) is 19.9 Å². The molecule has 0 amide bonds. The standard InChI is InChI=1S/C12H16O4/c1-8-4-3-5-10(9(8)2)11(12(14)15)16-7-6-13/h3-5,11,13H,6-7H2,1-2H3,(H,14,15). The van der Waals surface area contributed by atoms with Crippen LogP contribution in [0.25, 0.3) is 0 Å². The second kappa shape index (κ2) is 5.63. The van der Waals surface area contributed by atoms with Crippen molar-refractivity contribution in [3.63, 3.8) is 0 Å². The molecular weight excluding hydrogens is 208 g/mol. The first-order chi connectivity index (χ1) is 7.57. The zero-order valence-corrected chi connectivity index (χ0v) is 9.43. The number of ether oxygens (including phenoxy) is 1. The molecule has 0 spiro atoms. The van der Waals surface area contributed by atoms with Gasteiger partial charge in [0.25, 0.3) is 0 Å². The third-order valence-electron chi connectivity index (χ3n) is 2.53. The highest BCUT2D eigenvalue weighted by Crippen LogP contribution is 2.23. The highest BCUT2D eigenvalue weighted by Gasteiger charge is 2.22. The Labute approximate surface area is 94.5 Å². The number of aliphatic hydroxyl groups is 1. The van der Waals surface area contributed by atoms with Crippen LogP contribution < -0.4 is 0 Å². The molecule has 0 aliphatic rings. The fourth-order valence-electron chi connectivity index (χ4n) is 1.52. The van der Waals surface area contributed by atoms with Gasteiger partial charge in [0.2, 0.25) is 0 Å². The predicted molar refractivity (Wildman–Crippen MR) is 59.3 cm³/mol. The first-order valence-corrected chi connectivity index (χ1v) is 5.09. The van der Waals surface area contributed by atoms with Gasteiger partial charge in [-0.05, 0) is 30.5 Å². The van der Waals surface area contributed by atoms with E-state index in [1.165, 1.54) is 0 Å². The smallest absolute Gasteiger partial charge is 0.337 e. The summed E-state index contributed by atoms with van der Waals surface area (Å²) < 4.78 is 5.13. The summed E-state index contributed by atoms with van der Waals surface area (Å²) in [5, 5.41) is 17.7. The summed E-state index contributed by atoms with van der Waals surface area (Å²) >= 11 is 0. The summed E-state index contributed by atoms with van der Waals surface area (Å²) in [6.45, 7) is 3.62. The molecule has 4 heteroatoms. The van der Waals surface area contributed by atoms with Crippen LogP contribution in [0.2, 0.25) is 0 Å². The van der Waals surface area contributed by atoms with Gasteiger partial charge >= 0.3 is 5.97 Å². The van der Waals surface area contributed by atoms with Crippen LogP contribution >= 0.6 is 0 Å². The summed E-state index contributed by atoms with van der Waals surface area (Å²) in [6, 6.07) is 5.46. The van der Waals surface area contributed by atoms with Crippen molar-refractivity contribution in [2.24, 2.45) is 0 Å². The van der Waals surface area contributed by atoms with E-state index in [1.54, 1.807) is 12.1 Å². The van der Waals surface area contributed by atoms with Crippen molar-refractivity contribution in [1.29, 1.82) is 0 Å². The normalized spacial score (nSPS) is 12.4. The Kier molecular flexibility index (Phi) is 4.46. The van der Waals surface area contributed by atoms with E-state index in [9.17, 15) is 4.79 Å². The molecule has 0 saturated heterocycles. The van der Waals surface area contributed by atoms with Gasteiger partial charge in [-0.2, -0.15) is 0 Å². The molecule has 1 aromatic carbocycles. The maximum Gasteiger partial charge on any atom is 0.337 e. The average Bonchev–Trinajstić information content (AvgIpc) is 2.24. The summed E-state index contributed by atoms with van der Waals surface area (Å²) in [6.07, 6.45) is -1.01. The van der Waals surface area contributed by atoms with Gasteiger partial charge in [0.05, 0.1) is 13.2 Å². The summed E-state index contributed by atoms with van der Waals surface area (Å²) in [5.74, 6) is -1.04. The lowest BCUT2D eigenvalue weighted by Gasteiger charge is -2.16. The predicted octanol–water partition coefficient (Wildman–Crippen LogP) is 1.44. The molecule has 1 atom stereocenters. The van der Waals surface area contributed by atoms with Crippen LogP contribution in [0.15, 0.2) is 18.2 Å². The van der Waals surface area contributed by atoms with E-state index in [2.05, 4.69) is 0 Å². The molecule has 0 fully saturated rings. The van der Waals surface area contributed by atoms with Crippen molar-refractivity contribution in [1.82, 2.24) is 0 Å². The lowest BCUT2D eigenvalue weighted by Crippen LogP contribution is -2.18. The van der Waals surface area contributed by atoms with Gasteiger partial charge in [-0.15, -0.1) is 0 Å². The van der Waals surface area contributed by atoms with Gasteiger partial charge in [-0.3, -0.25) is 0 Å². The first kappa shape index (κ1) is 12.7. The van der Waals surface area contributed by atoms with Crippen LogP contribution in [0.1, 0.15) is 22.8 Å². The number of carboxylic acid groups (broad SMARTS) is 1. The zero-order chi connectivity index (χ0) is 12.1. The number of carbonyl (C=O) groups is 1. The molecule has 0 bridgehead atoms. The van der Waals surface area contributed by atoms with Gasteiger partial charge in [-0.1, -0.05) is 18.2 Å². The molecule has 16 heavy (non-hydrogen) atoms. The minimum Gasteiger partial charge on any atom is -0.479 e. The number of benzene rings is 1. The second-order valence-corrected chi connectivity index (χ2v) is 3.60. The Morgan fingerprint density at radius 2 is 2.12 bits per heavy atom. The monoisotopic (exact) mass is 224 g/mol. The first-order valence-electron chi connectivity index (χ1n) is 5.09. The van der Waals surface area contributed by atoms with Crippen molar-refractivity contribution < 1.29 is 19.7 Å². The minimum absolute atomic E-state index is 0.0182. The van der Waals surface area contributed by atoms with Crippen LogP contribution in [0.4, 0.5) is 0 Å². The van der Waals surface area contributed by atoms with Crippen molar-refractivity contribution in [2.75, 3.05) is 13.2 Å². The molecule has 1 aromatic rings. The summed E-state index contributed by atoms with van der Waals surface area (Å²) in [4.78, 5) is 11.1. The van der Waals surface area contributed by atoms with Crippen molar-refractivity contribution in [2.45, 2.75) is 20.0 Å². The van der Waals surface area contributed by atoms with Gasteiger partial charge in [-0.25, -0.2) is 4.79 Å². The number of aliphatic hydroxyl groups excluding tert-OH is 1. The number of hydrogen-bond donors (Lipinski definition) is 2. The van der Waals surface area contributed by atoms with Crippen LogP contribution in [-0.4, -0.2) is 29.4 Å². The van der Waals surface area contributed by atoms with Crippen molar-refractivity contribution in [3.05, 3.63) is 34.9 Å². The summed E-state index contributed by atoms with van der Waals surface area (Å²) in [5.41, 5.74) is 2.57. The minimum atomic E-state index is -1.04. The number of hydrogen-bond acceptors (Lipinski definition) is 3. The van der Waals surface area contributed by atoms with Gasteiger partial charge < -0.3 is 14.9 Å². The SMILES string of the molecule is Cc1cccc(C(OCCO)C(=O)O)c1C. The van der Waals surface area contributed by atoms with Crippen LogP contribution in [0, 0.1) is 13.8 Å². The maximum absolute atomic E-state index is 11.1. The van der Waals surface area contributed by atoms with Gasteiger partial charge in [0.15, 0.2) is 6.10 Å². The van der Waals surface area contributed by atoms with E-state index in [0.29, 0.717) is 5.56 Å². The Morgan fingerprint density at radius 3 is 2.69 bits per heavy atom. The molecule has 0 aromatic heterocycles. The lowest BCUT2D eigenvalue weighted by molar-refractivity contribution is -0.151. The lowest BCUT2D eigenvalue weighted by atomic mass is 9.99.